The maximum atomic E-state index is 4.66. The zero-order chi connectivity index (χ0) is 13.5. The van der Waals surface area contributed by atoms with E-state index in [2.05, 4.69) is 42.2 Å². The summed E-state index contributed by atoms with van der Waals surface area (Å²) in [5.41, 5.74) is 0.231. The summed E-state index contributed by atoms with van der Waals surface area (Å²) >= 11 is 1.90. The zero-order valence-electron chi connectivity index (χ0n) is 12.7. The molecule has 0 amide bonds. The molecule has 0 aliphatic carbocycles. The lowest BCUT2D eigenvalue weighted by molar-refractivity contribution is 0.193. The molecule has 2 aliphatic rings. The minimum absolute atomic E-state index is 0. The van der Waals surface area contributed by atoms with Crippen LogP contribution in [-0.2, 0) is 12.0 Å². The molecule has 2 bridgehead atoms. The molecule has 1 aromatic rings. The largest absolute Gasteiger partial charge is 0.315 e. The zero-order valence-corrected chi connectivity index (χ0v) is 14.3. The average molecular weight is 316 g/mol. The number of rotatable bonds is 2. The predicted molar refractivity (Wildman–Crippen MR) is 87.9 cm³/mol. The van der Waals surface area contributed by atoms with Crippen molar-refractivity contribution >= 4 is 23.7 Å². The first kappa shape index (κ1) is 16.2. The highest BCUT2D eigenvalue weighted by molar-refractivity contribution is 7.11. The standard InChI is InChI=1S/C15H25N3S.ClH/c1-15(2,3)13-9-17-14(19-13)10-18-11-4-5-12(18)8-16-7-6-11;/h9,11-12,16H,4-8,10H2,1-3H3;1H. The predicted octanol–water partition coefficient (Wildman–Crippen LogP) is 3.19. The number of aromatic nitrogens is 1. The SMILES string of the molecule is CC(C)(C)c1cnc(CN2C3CCNCC2CC3)s1.Cl. The Bertz CT molecular complexity index is 427. The summed E-state index contributed by atoms with van der Waals surface area (Å²) < 4.78 is 0. The molecule has 0 saturated carbocycles. The molecule has 1 N–H and O–H groups in total. The van der Waals surface area contributed by atoms with Crippen molar-refractivity contribution in [2.45, 2.75) is 64.1 Å². The van der Waals surface area contributed by atoms with Crippen LogP contribution in [0.3, 0.4) is 0 Å². The normalized spacial score (nSPS) is 27.1. The molecule has 114 valence electrons. The Morgan fingerprint density at radius 3 is 2.75 bits per heavy atom. The molecule has 0 aromatic carbocycles. The highest BCUT2D eigenvalue weighted by atomic mass is 35.5. The van der Waals surface area contributed by atoms with Crippen molar-refractivity contribution in [3.05, 3.63) is 16.1 Å². The minimum atomic E-state index is 0. The van der Waals surface area contributed by atoms with Crippen molar-refractivity contribution < 1.29 is 0 Å². The Morgan fingerprint density at radius 2 is 2.05 bits per heavy atom. The van der Waals surface area contributed by atoms with Crippen molar-refractivity contribution in [2.75, 3.05) is 13.1 Å². The van der Waals surface area contributed by atoms with Crippen LogP contribution in [-0.4, -0.2) is 35.1 Å². The minimum Gasteiger partial charge on any atom is -0.315 e. The Hall–Kier alpha value is -0.160. The first-order valence-corrected chi connectivity index (χ1v) is 8.27. The topological polar surface area (TPSA) is 28.2 Å². The van der Waals surface area contributed by atoms with Gasteiger partial charge in [-0.25, -0.2) is 4.98 Å². The first-order valence-electron chi connectivity index (χ1n) is 7.46. The highest BCUT2D eigenvalue weighted by Crippen LogP contribution is 2.32. The number of nitrogens with zero attached hydrogens (tertiary/aromatic N) is 2. The summed E-state index contributed by atoms with van der Waals surface area (Å²) in [5, 5.41) is 4.86. The fourth-order valence-electron chi connectivity index (χ4n) is 3.23. The number of thiazole rings is 1. The second kappa shape index (κ2) is 6.30. The van der Waals surface area contributed by atoms with Gasteiger partial charge < -0.3 is 5.32 Å². The van der Waals surface area contributed by atoms with Gasteiger partial charge in [0.1, 0.15) is 5.01 Å². The smallest absolute Gasteiger partial charge is 0.107 e. The van der Waals surface area contributed by atoms with Gasteiger partial charge >= 0.3 is 0 Å². The Balaban J connectivity index is 0.00000147. The van der Waals surface area contributed by atoms with Gasteiger partial charge in [-0.05, 0) is 31.2 Å². The van der Waals surface area contributed by atoms with E-state index in [1.54, 1.807) is 0 Å². The third-order valence-corrected chi connectivity index (χ3v) is 5.82. The lowest BCUT2D eigenvalue weighted by atomic mass is 9.96. The van der Waals surface area contributed by atoms with Crippen molar-refractivity contribution in [1.82, 2.24) is 15.2 Å². The molecule has 3 heterocycles. The Labute approximate surface area is 132 Å². The molecule has 1 aromatic heterocycles. The lowest BCUT2D eigenvalue weighted by Gasteiger charge is -2.26. The van der Waals surface area contributed by atoms with Gasteiger partial charge in [-0.3, -0.25) is 4.90 Å². The van der Waals surface area contributed by atoms with Gasteiger partial charge in [-0.2, -0.15) is 0 Å². The van der Waals surface area contributed by atoms with E-state index >= 15 is 0 Å². The molecular weight excluding hydrogens is 290 g/mol. The number of hydrogen-bond donors (Lipinski definition) is 1. The van der Waals surface area contributed by atoms with Crippen molar-refractivity contribution in [1.29, 1.82) is 0 Å². The molecule has 2 aliphatic heterocycles. The van der Waals surface area contributed by atoms with E-state index in [4.69, 9.17) is 0 Å². The van der Waals surface area contributed by atoms with Crippen LogP contribution in [0.5, 0.6) is 0 Å². The third-order valence-electron chi connectivity index (χ3n) is 4.42. The Morgan fingerprint density at radius 1 is 1.30 bits per heavy atom. The summed E-state index contributed by atoms with van der Waals surface area (Å²) in [5.74, 6) is 0. The molecule has 0 radical (unpaired) electrons. The maximum Gasteiger partial charge on any atom is 0.107 e. The number of hydrogen-bond acceptors (Lipinski definition) is 4. The van der Waals surface area contributed by atoms with Crippen molar-refractivity contribution in [2.24, 2.45) is 0 Å². The van der Waals surface area contributed by atoms with E-state index < -0.39 is 0 Å². The number of fused-ring (bicyclic) bond motifs is 2. The van der Waals surface area contributed by atoms with Crippen molar-refractivity contribution in [3.8, 4) is 0 Å². The molecule has 2 atom stereocenters. The van der Waals surface area contributed by atoms with Gasteiger partial charge in [0.05, 0.1) is 6.54 Å². The quantitative estimate of drug-likeness (QED) is 0.908. The van der Waals surface area contributed by atoms with E-state index in [1.807, 2.05) is 11.3 Å². The van der Waals surface area contributed by atoms with Gasteiger partial charge in [0, 0.05) is 29.7 Å². The van der Waals surface area contributed by atoms with Crippen LogP contribution in [0.2, 0.25) is 0 Å². The number of halogens is 1. The second-order valence-corrected chi connectivity index (χ2v) is 8.03. The van der Waals surface area contributed by atoms with Gasteiger partial charge in [-0.15, -0.1) is 23.7 Å². The summed E-state index contributed by atoms with van der Waals surface area (Å²) in [7, 11) is 0. The molecule has 3 nitrogen and oxygen atoms in total. The molecule has 2 saturated heterocycles. The molecule has 3 rings (SSSR count). The monoisotopic (exact) mass is 315 g/mol. The third kappa shape index (κ3) is 3.35. The fourth-order valence-corrected chi connectivity index (χ4v) is 4.21. The van der Waals surface area contributed by atoms with Gasteiger partial charge in [0.25, 0.3) is 0 Å². The van der Waals surface area contributed by atoms with Crippen LogP contribution in [0.25, 0.3) is 0 Å². The second-order valence-electron chi connectivity index (χ2n) is 6.92. The lowest BCUT2D eigenvalue weighted by Crippen LogP contribution is -2.37. The van der Waals surface area contributed by atoms with Crippen molar-refractivity contribution in [3.63, 3.8) is 0 Å². The summed E-state index contributed by atoms with van der Waals surface area (Å²) in [6, 6.07) is 1.51. The Kier molecular flexibility index (Phi) is 5.11. The maximum absolute atomic E-state index is 4.66. The van der Waals surface area contributed by atoms with Crippen LogP contribution in [0, 0.1) is 0 Å². The van der Waals surface area contributed by atoms with Crippen LogP contribution in [0.1, 0.15) is 49.9 Å². The highest BCUT2D eigenvalue weighted by Gasteiger charge is 2.35. The first-order chi connectivity index (χ1) is 9.04. The number of nitrogens with one attached hydrogen (secondary N) is 1. The van der Waals surface area contributed by atoms with Gasteiger partial charge in [0.2, 0.25) is 0 Å². The van der Waals surface area contributed by atoms with E-state index in [9.17, 15) is 0 Å². The molecule has 20 heavy (non-hydrogen) atoms. The van der Waals surface area contributed by atoms with E-state index in [1.165, 1.54) is 35.7 Å². The summed E-state index contributed by atoms with van der Waals surface area (Å²) in [6.45, 7) is 10.2. The van der Waals surface area contributed by atoms with E-state index in [-0.39, 0.29) is 17.8 Å². The fraction of sp³-hybridized carbons (Fsp3) is 0.800. The van der Waals surface area contributed by atoms with Crippen LogP contribution < -0.4 is 5.32 Å². The molecular formula is C15H26ClN3S. The van der Waals surface area contributed by atoms with E-state index in [0.29, 0.717) is 0 Å². The summed E-state index contributed by atoms with van der Waals surface area (Å²) in [4.78, 5) is 8.77. The van der Waals surface area contributed by atoms with Gasteiger partial charge in [-0.1, -0.05) is 20.8 Å². The van der Waals surface area contributed by atoms with Crippen LogP contribution in [0.4, 0.5) is 0 Å². The van der Waals surface area contributed by atoms with Crippen LogP contribution in [0.15, 0.2) is 6.20 Å². The summed E-state index contributed by atoms with van der Waals surface area (Å²) in [6.07, 6.45) is 6.12. The molecule has 0 spiro atoms. The molecule has 2 fully saturated rings. The molecule has 2 unspecified atom stereocenters. The van der Waals surface area contributed by atoms with E-state index in [0.717, 1.165) is 25.2 Å². The van der Waals surface area contributed by atoms with Gasteiger partial charge in [0.15, 0.2) is 0 Å². The van der Waals surface area contributed by atoms with Crippen LogP contribution >= 0.6 is 23.7 Å². The molecule has 5 heteroatoms. The average Bonchev–Trinajstić information content (AvgIpc) is 2.84.